The first kappa shape index (κ1) is 11.2. The van der Waals surface area contributed by atoms with Gasteiger partial charge in [-0.1, -0.05) is 6.07 Å². The van der Waals surface area contributed by atoms with Crippen molar-refractivity contribution >= 4 is 23.2 Å². The highest BCUT2D eigenvalue weighted by molar-refractivity contribution is 6.22. The van der Waals surface area contributed by atoms with E-state index in [9.17, 15) is 4.79 Å². The molecule has 1 amide bonds. The van der Waals surface area contributed by atoms with Crippen molar-refractivity contribution in [1.82, 2.24) is 0 Å². The largest absolute Gasteiger partial charge is 0.482 e. The summed E-state index contributed by atoms with van der Waals surface area (Å²) >= 11 is 5.76. The molecular weight excluding hydrogens is 228 g/mol. The Bertz CT molecular complexity index is 409. The van der Waals surface area contributed by atoms with E-state index in [0.717, 1.165) is 17.7 Å². The molecule has 0 aromatic heterocycles. The van der Waals surface area contributed by atoms with Crippen LogP contribution in [-0.4, -0.2) is 25.1 Å². The Labute approximate surface area is 98.9 Å². The highest BCUT2D eigenvalue weighted by atomic mass is 35.5. The first-order valence-corrected chi connectivity index (χ1v) is 5.62. The molecule has 0 radical (unpaired) electrons. The van der Waals surface area contributed by atoms with E-state index in [0.29, 0.717) is 12.3 Å². The molecule has 0 aliphatic carbocycles. The summed E-state index contributed by atoms with van der Waals surface area (Å²) in [7, 11) is 0. The van der Waals surface area contributed by atoms with Gasteiger partial charge in [-0.25, -0.2) is 0 Å². The molecule has 0 saturated carbocycles. The van der Waals surface area contributed by atoms with Gasteiger partial charge in [-0.15, -0.1) is 11.6 Å². The van der Waals surface area contributed by atoms with Gasteiger partial charge < -0.3 is 10.5 Å². The average molecular weight is 241 g/mol. The number of fused-ring (bicyclic) bond motifs is 1. The van der Waals surface area contributed by atoms with Gasteiger partial charge in [0, 0.05) is 0 Å². The number of benzene rings is 1. The lowest BCUT2D eigenvalue weighted by Crippen LogP contribution is -2.37. The number of nitrogens with zero attached hydrogens (tertiary/aromatic N) is 1. The normalized spacial score (nSPS) is 14.6. The second-order valence-corrected chi connectivity index (χ2v) is 3.81. The molecule has 1 heterocycles. The summed E-state index contributed by atoms with van der Waals surface area (Å²) in [4.78, 5) is 13.1. The molecule has 1 aliphatic heterocycles. The van der Waals surface area contributed by atoms with E-state index in [2.05, 4.69) is 0 Å². The SMILES string of the molecule is NCCc1ccc2c(c1)N(CCl)C(=O)CO2. The quantitative estimate of drug-likeness (QED) is 0.636. The minimum Gasteiger partial charge on any atom is -0.482 e. The lowest BCUT2D eigenvalue weighted by atomic mass is 10.1. The second-order valence-electron chi connectivity index (χ2n) is 3.57. The number of hydrogen-bond acceptors (Lipinski definition) is 3. The predicted octanol–water partition coefficient (Wildman–Crippen LogP) is 1.11. The lowest BCUT2D eigenvalue weighted by Gasteiger charge is -2.27. The molecule has 1 aliphatic rings. The zero-order valence-corrected chi connectivity index (χ0v) is 9.54. The van der Waals surface area contributed by atoms with Crippen molar-refractivity contribution in [2.24, 2.45) is 5.73 Å². The van der Waals surface area contributed by atoms with Crippen molar-refractivity contribution < 1.29 is 9.53 Å². The van der Waals surface area contributed by atoms with Gasteiger partial charge in [-0.05, 0) is 30.7 Å². The molecule has 0 atom stereocenters. The summed E-state index contributed by atoms with van der Waals surface area (Å²) in [6, 6.07) is 5.85. The Morgan fingerprint density at radius 1 is 1.50 bits per heavy atom. The average Bonchev–Trinajstić information content (AvgIpc) is 2.29. The second kappa shape index (κ2) is 4.72. The number of halogens is 1. The van der Waals surface area contributed by atoms with Gasteiger partial charge in [-0.3, -0.25) is 9.69 Å². The Morgan fingerprint density at radius 2 is 2.31 bits per heavy atom. The summed E-state index contributed by atoms with van der Waals surface area (Å²) in [6.07, 6.45) is 0.775. The van der Waals surface area contributed by atoms with E-state index in [1.807, 2.05) is 18.2 Å². The number of amides is 1. The van der Waals surface area contributed by atoms with Gasteiger partial charge in [-0.2, -0.15) is 0 Å². The van der Waals surface area contributed by atoms with Crippen LogP contribution in [0.15, 0.2) is 18.2 Å². The Kier molecular flexibility index (Phi) is 3.31. The molecule has 0 unspecified atom stereocenters. The smallest absolute Gasteiger partial charge is 0.266 e. The van der Waals surface area contributed by atoms with Gasteiger partial charge in [0.1, 0.15) is 11.8 Å². The molecule has 0 saturated heterocycles. The van der Waals surface area contributed by atoms with Crippen molar-refractivity contribution in [3.8, 4) is 5.75 Å². The van der Waals surface area contributed by atoms with Crippen LogP contribution in [0.25, 0.3) is 0 Å². The zero-order chi connectivity index (χ0) is 11.5. The van der Waals surface area contributed by atoms with Crippen LogP contribution >= 0.6 is 11.6 Å². The molecule has 0 bridgehead atoms. The van der Waals surface area contributed by atoms with Crippen molar-refractivity contribution in [1.29, 1.82) is 0 Å². The number of ether oxygens (including phenoxy) is 1. The van der Waals surface area contributed by atoms with Crippen molar-refractivity contribution in [2.75, 3.05) is 24.1 Å². The Balaban J connectivity index is 2.37. The molecule has 2 N–H and O–H groups in total. The predicted molar refractivity (Wildman–Crippen MR) is 62.9 cm³/mol. The molecule has 1 aromatic carbocycles. The fourth-order valence-corrected chi connectivity index (χ4v) is 1.96. The Hall–Kier alpha value is -1.26. The van der Waals surface area contributed by atoms with Gasteiger partial charge in [0.2, 0.25) is 0 Å². The maximum absolute atomic E-state index is 11.5. The minimum atomic E-state index is -0.118. The lowest BCUT2D eigenvalue weighted by molar-refractivity contribution is -0.121. The van der Waals surface area contributed by atoms with Crippen molar-refractivity contribution in [3.05, 3.63) is 23.8 Å². The third kappa shape index (κ3) is 1.99. The number of carbonyl (C=O) groups is 1. The van der Waals surface area contributed by atoms with Crippen LogP contribution in [0.2, 0.25) is 0 Å². The third-order valence-electron chi connectivity index (χ3n) is 2.52. The monoisotopic (exact) mass is 240 g/mol. The molecule has 4 nitrogen and oxygen atoms in total. The third-order valence-corrected chi connectivity index (χ3v) is 2.76. The topological polar surface area (TPSA) is 55.6 Å². The number of anilines is 1. The van der Waals surface area contributed by atoms with E-state index < -0.39 is 0 Å². The van der Waals surface area contributed by atoms with E-state index in [1.165, 1.54) is 4.90 Å². The number of nitrogens with two attached hydrogens (primary N) is 1. The van der Waals surface area contributed by atoms with Crippen LogP contribution in [0.3, 0.4) is 0 Å². The van der Waals surface area contributed by atoms with Crippen LogP contribution in [0.1, 0.15) is 5.56 Å². The summed E-state index contributed by atoms with van der Waals surface area (Å²) in [5, 5.41) is 0. The summed E-state index contributed by atoms with van der Waals surface area (Å²) in [5.41, 5.74) is 7.31. The van der Waals surface area contributed by atoms with Gasteiger partial charge >= 0.3 is 0 Å². The highest BCUT2D eigenvalue weighted by Gasteiger charge is 2.24. The number of rotatable bonds is 3. The minimum absolute atomic E-state index is 0.0515. The van der Waals surface area contributed by atoms with Gasteiger partial charge in [0.15, 0.2) is 6.61 Å². The van der Waals surface area contributed by atoms with E-state index in [4.69, 9.17) is 22.1 Å². The molecular formula is C11H13ClN2O2. The summed E-state index contributed by atoms with van der Waals surface area (Å²) < 4.78 is 5.32. The fourth-order valence-electron chi connectivity index (χ4n) is 1.70. The fraction of sp³-hybridized carbons (Fsp3) is 0.364. The number of carbonyl (C=O) groups excluding carboxylic acids is 1. The van der Waals surface area contributed by atoms with Crippen LogP contribution in [0.4, 0.5) is 5.69 Å². The molecule has 2 rings (SSSR count). The van der Waals surface area contributed by atoms with Crippen molar-refractivity contribution in [2.45, 2.75) is 6.42 Å². The van der Waals surface area contributed by atoms with Crippen LogP contribution in [0, 0.1) is 0 Å². The maximum atomic E-state index is 11.5. The number of hydrogen-bond donors (Lipinski definition) is 1. The molecule has 1 aromatic rings. The molecule has 0 fully saturated rings. The first-order chi connectivity index (χ1) is 7.76. The highest BCUT2D eigenvalue weighted by Crippen LogP contribution is 2.33. The maximum Gasteiger partial charge on any atom is 0.266 e. The zero-order valence-electron chi connectivity index (χ0n) is 8.78. The number of alkyl halides is 1. The van der Waals surface area contributed by atoms with Gasteiger partial charge in [0.05, 0.1) is 5.69 Å². The molecule has 86 valence electrons. The van der Waals surface area contributed by atoms with Crippen LogP contribution in [0.5, 0.6) is 5.75 Å². The van der Waals surface area contributed by atoms with E-state index in [1.54, 1.807) is 0 Å². The molecule has 5 heteroatoms. The summed E-state index contributed by atoms with van der Waals surface area (Å²) in [6.45, 7) is 0.629. The van der Waals surface area contributed by atoms with E-state index in [-0.39, 0.29) is 18.5 Å². The standard InChI is InChI=1S/C11H13ClN2O2/c12-7-14-9-5-8(3-4-13)1-2-10(9)16-6-11(14)15/h1-2,5H,3-4,6-7,13H2. The molecule has 16 heavy (non-hydrogen) atoms. The first-order valence-electron chi connectivity index (χ1n) is 5.08. The van der Waals surface area contributed by atoms with Crippen LogP contribution in [-0.2, 0) is 11.2 Å². The van der Waals surface area contributed by atoms with Crippen LogP contribution < -0.4 is 15.4 Å². The molecule has 0 spiro atoms. The van der Waals surface area contributed by atoms with Crippen molar-refractivity contribution in [3.63, 3.8) is 0 Å². The van der Waals surface area contributed by atoms with E-state index >= 15 is 0 Å². The van der Waals surface area contributed by atoms with Gasteiger partial charge in [0.25, 0.3) is 5.91 Å². The summed E-state index contributed by atoms with van der Waals surface area (Å²) in [5.74, 6) is 0.577. The Morgan fingerprint density at radius 3 is 3.00 bits per heavy atom.